The molecule has 1 aliphatic heterocycles. The number of imidazole rings is 1. The van der Waals surface area contributed by atoms with Gasteiger partial charge in [-0.25, -0.2) is 4.98 Å². The Labute approximate surface area is 181 Å². The standard InChI is InChI=1S/C20H22F3N5O4/c21-20(22,23)17-12-24-18(25-17)14-3-4-16(15(11-14)28(30)31)32-10-9-26-5-7-27(8-6-26)19(29)13-1-2-13/h3-4,11-13H,1-2,5-10H2,(H,24,25). The van der Waals surface area contributed by atoms with Gasteiger partial charge in [-0.05, 0) is 25.0 Å². The van der Waals surface area contributed by atoms with Gasteiger partial charge in [0.05, 0.1) is 11.1 Å². The number of amides is 1. The Morgan fingerprint density at radius 2 is 1.97 bits per heavy atom. The van der Waals surface area contributed by atoms with Gasteiger partial charge in [0.15, 0.2) is 5.75 Å². The number of piperazine rings is 1. The first-order valence-electron chi connectivity index (χ1n) is 10.3. The Morgan fingerprint density at radius 1 is 1.25 bits per heavy atom. The van der Waals surface area contributed by atoms with Crippen molar-refractivity contribution in [1.82, 2.24) is 19.8 Å². The molecule has 172 valence electrons. The Balaban J connectivity index is 1.34. The minimum absolute atomic E-state index is 0.0314. The molecule has 1 aromatic carbocycles. The van der Waals surface area contributed by atoms with E-state index in [0.717, 1.165) is 18.9 Å². The molecular weight excluding hydrogens is 431 g/mol. The second-order valence-electron chi connectivity index (χ2n) is 7.87. The number of aromatic amines is 1. The Hall–Kier alpha value is -3.15. The molecular formula is C20H22F3N5O4. The summed E-state index contributed by atoms with van der Waals surface area (Å²) in [7, 11) is 0. The van der Waals surface area contributed by atoms with Crippen molar-refractivity contribution in [2.75, 3.05) is 39.3 Å². The summed E-state index contributed by atoms with van der Waals surface area (Å²) in [5.41, 5.74) is -1.24. The fourth-order valence-corrected chi connectivity index (χ4v) is 3.61. The van der Waals surface area contributed by atoms with Crippen molar-refractivity contribution in [2.24, 2.45) is 5.92 Å². The number of nitrogens with zero attached hydrogens (tertiary/aromatic N) is 4. The third-order valence-corrected chi connectivity index (χ3v) is 5.59. The fraction of sp³-hybridized carbons (Fsp3) is 0.500. The molecule has 1 saturated heterocycles. The molecule has 0 spiro atoms. The summed E-state index contributed by atoms with van der Waals surface area (Å²) in [5, 5.41) is 11.5. The van der Waals surface area contributed by atoms with E-state index >= 15 is 0 Å². The molecule has 0 atom stereocenters. The van der Waals surface area contributed by atoms with E-state index in [1.54, 1.807) is 0 Å². The van der Waals surface area contributed by atoms with Crippen LogP contribution in [0.2, 0.25) is 0 Å². The number of alkyl halides is 3. The number of rotatable bonds is 7. The van der Waals surface area contributed by atoms with E-state index in [4.69, 9.17) is 4.74 Å². The van der Waals surface area contributed by atoms with Crippen LogP contribution in [-0.2, 0) is 11.0 Å². The number of halogens is 3. The zero-order chi connectivity index (χ0) is 22.9. The summed E-state index contributed by atoms with van der Waals surface area (Å²) in [6, 6.07) is 3.91. The Kier molecular flexibility index (Phi) is 6.04. The van der Waals surface area contributed by atoms with Gasteiger partial charge in [0, 0.05) is 50.3 Å². The lowest BCUT2D eigenvalue weighted by Gasteiger charge is -2.34. The third-order valence-electron chi connectivity index (χ3n) is 5.59. The second kappa shape index (κ2) is 8.77. The van der Waals surface area contributed by atoms with E-state index in [0.29, 0.717) is 38.9 Å². The number of hydrogen-bond donors (Lipinski definition) is 1. The summed E-state index contributed by atoms with van der Waals surface area (Å²) in [6.45, 7) is 3.49. The lowest BCUT2D eigenvalue weighted by molar-refractivity contribution is -0.385. The van der Waals surface area contributed by atoms with Gasteiger partial charge in [-0.2, -0.15) is 13.2 Å². The molecule has 1 aromatic heterocycles. The molecule has 0 bridgehead atoms. The monoisotopic (exact) mass is 453 g/mol. The number of nitro benzene ring substituents is 1. The van der Waals surface area contributed by atoms with Crippen LogP contribution in [-0.4, -0.2) is 69.9 Å². The van der Waals surface area contributed by atoms with Crippen molar-refractivity contribution in [3.05, 3.63) is 40.2 Å². The third kappa shape index (κ3) is 5.01. The van der Waals surface area contributed by atoms with E-state index in [9.17, 15) is 28.1 Å². The number of carbonyl (C=O) groups excluding carboxylic acids is 1. The van der Waals surface area contributed by atoms with Crippen molar-refractivity contribution in [3.8, 4) is 17.1 Å². The maximum atomic E-state index is 12.8. The van der Waals surface area contributed by atoms with Gasteiger partial charge in [0.25, 0.3) is 0 Å². The molecule has 2 aliphatic rings. The fourth-order valence-electron chi connectivity index (χ4n) is 3.61. The van der Waals surface area contributed by atoms with Crippen LogP contribution in [0.3, 0.4) is 0 Å². The lowest BCUT2D eigenvalue weighted by Crippen LogP contribution is -2.50. The van der Waals surface area contributed by atoms with Crippen molar-refractivity contribution in [2.45, 2.75) is 19.0 Å². The van der Waals surface area contributed by atoms with Crippen LogP contribution in [0.25, 0.3) is 11.4 Å². The SMILES string of the molecule is O=C(C1CC1)N1CCN(CCOc2ccc(-c3ncc(C(F)(F)F)[nH]3)cc2[N+](=O)[O-])CC1. The molecule has 12 heteroatoms. The minimum Gasteiger partial charge on any atom is -0.485 e. The van der Waals surface area contributed by atoms with Crippen LogP contribution >= 0.6 is 0 Å². The van der Waals surface area contributed by atoms with Gasteiger partial charge in [-0.3, -0.25) is 19.8 Å². The Morgan fingerprint density at radius 3 is 2.56 bits per heavy atom. The number of benzene rings is 1. The first-order chi connectivity index (χ1) is 15.2. The van der Waals surface area contributed by atoms with Gasteiger partial charge < -0.3 is 14.6 Å². The minimum atomic E-state index is -4.59. The number of nitrogens with one attached hydrogen (secondary N) is 1. The van der Waals surface area contributed by atoms with Gasteiger partial charge in [0.2, 0.25) is 5.91 Å². The normalized spacial score (nSPS) is 17.4. The van der Waals surface area contributed by atoms with Crippen LogP contribution < -0.4 is 4.74 Å². The molecule has 4 rings (SSSR count). The molecule has 1 aliphatic carbocycles. The number of aromatic nitrogens is 2. The lowest BCUT2D eigenvalue weighted by atomic mass is 10.2. The van der Waals surface area contributed by atoms with E-state index in [-0.39, 0.29) is 41.3 Å². The maximum Gasteiger partial charge on any atom is 0.432 e. The van der Waals surface area contributed by atoms with E-state index < -0.39 is 16.8 Å². The van der Waals surface area contributed by atoms with Gasteiger partial charge in [0.1, 0.15) is 18.1 Å². The van der Waals surface area contributed by atoms with E-state index in [1.807, 2.05) is 4.90 Å². The maximum absolute atomic E-state index is 12.8. The summed E-state index contributed by atoms with van der Waals surface area (Å²) >= 11 is 0. The molecule has 1 saturated carbocycles. The summed E-state index contributed by atoms with van der Waals surface area (Å²) in [6.07, 6.45) is -1.98. The highest BCUT2D eigenvalue weighted by atomic mass is 19.4. The van der Waals surface area contributed by atoms with Gasteiger partial charge in [-0.15, -0.1) is 0 Å². The van der Waals surface area contributed by atoms with Crippen LogP contribution in [0, 0.1) is 16.0 Å². The average Bonchev–Trinajstić information content (AvgIpc) is 3.48. The number of ether oxygens (including phenoxy) is 1. The summed E-state index contributed by atoms with van der Waals surface area (Å²) in [5.74, 6) is 0.347. The zero-order valence-electron chi connectivity index (χ0n) is 17.1. The molecule has 0 radical (unpaired) electrons. The number of nitro groups is 1. The molecule has 1 N–H and O–H groups in total. The number of carbonyl (C=O) groups is 1. The molecule has 0 unspecified atom stereocenters. The predicted octanol–water partition coefficient (Wildman–Crippen LogP) is 2.94. The molecule has 2 fully saturated rings. The first-order valence-corrected chi connectivity index (χ1v) is 10.3. The highest BCUT2D eigenvalue weighted by molar-refractivity contribution is 5.81. The predicted molar refractivity (Wildman–Crippen MR) is 107 cm³/mol. The number of H-pyrrole nitrogens is 1. The van der Waals surface area contributed by atoms with E-state index in [2.05, 4.69) is 14.9 Å². The zero-order valence-corrected chi connectivity index (χ0v) is 17.1. The second-order valence-corrected chi connectivity index (χ2v) is 7.87. The molecule has 2 heterocycles. The van der Waals surface area contributed by atoms with Crippen molar-refractivity contribution >= 4 is 11.6 Å². The quantitative estimate of drug-likeness (QED) is 0.511. The molecule has 9 nitrogen and oxygen atoms in total. The van der Waals surface area contributed by atoms with E-state index in [1.165, 1.54) is 12.1 Å². The van der Waals surface area contributed by atoms with Crippen LogP contribution in [0.1, 0.15) is 18.5 Å². The van der Waals surface area contributed by atoms with Crippen LogP contribution in [0.15, 0.2) is 24.4 Å². The molecule has 2 aromatic rings. The summed E-state index contributed by atoms with van der Waals surface area (Å²) in [4.78, 5) is 32.7. The Bertz CT molecular complexity index is 997. The van der Waals surface area contributed by atoms with Crippen LogP contribution in [0.5, 0.6) is 5.75 Å². The van der Waals surface area contributed by atoms with Gasteiger partial charge in [-0.1, -0.05) is 0 Å². The average molecular weight is 453 g/mol. The van der Waals surface area contributed by atoms with Crippen LogP contribution in [0.4, 0.5) is 18.9 Å². The van der Waals surface area contributed by atoms with Crippen molar-refractivity contribution in [1.29, 1.82) is 0 Å². The number of hydrogen-bond acceptors (Lipinski definition) is 6. The van der Waals surface area contributed by atoms with Gasteiger partial charge >= 0.3 is 11.9 Å². The smallest absolute Gasteiger partial charge is 0.432 e. The summed E-state index contributed by atoms with van der Waals surface area (Å²) < 4.78 is 43.9. The largest absolute Gasteiger partial charge is 0.485 e. The first kappa shape index (κ1) is 22.1. The van der Waals surface area contributed by atoms with Crippen molar-refractivity contribution in [3.63, 3.8) is 0 Å². The topological polar surface area (TPSA) is 105 Å². The molecule has 32 heavy (non-hydrogen) atoms. The highest BCUT2D eigenvalue weighted by Gasteiger charge is 2.35. The molecule has 1 amide bonds. The van der Waals surface area contributed by atoms with Crippen molar-refractivity contribution < 1.29 is 27.6 Å². The highest BCUT2D eigenvalue weighted by Crippen LogP contribution is 2.34.